The number of phenolic OH excluding ortho intramolecular Hbond substituents is 1. The number of alkyl halides is 3. The normalized spacial score (nSPS) is 19.0. The van der Waals surface area contributed by atoms with E-state index in [2.05, 4.69) is 10.1 Å². The molecular weight excluding hydrogens is 361 g/mol. The molecule has 1 amide bonds. The maximum atomic E-state index is 12.7. The van der Waals surface area contributed by atoms with Gasteiger partial charge in [0.15, 0.2) is 17.3 Å². The van der Waals surface area contributed by atoms with Gasteiger partial charge in [0, 0.05) is 0 Å². The lowest BCUT2D eigenvalue weighted by Crippen LogP contribution is -2.35. The van der Waals surface area contributed by atoms with E-state index in [1.54, 1.807) is 0 Å². The molecule has 2 aliphatic heterocycles. The van der Waals surface area contributed by atoms with Gasteiger partial charge < -0.3 is 9.84 Å². The Morgan fingerprint density at radius 1 is 1.40 bits per heavy atom. The summed E-state index contributed by atoms with van der Waals surface area (Å²) in [6, 6.07) is 4.18. The van der Waals surface area contributed by atoms with Crippen LogP contribution in [0.5, 0.6) is 11.5 Å². The second-order valence-corrected chi connectivity index (χ2v) is 5.81. The molecule has 0 atom stereocenters. The number of phenols is 1. The number of hydrogen-bond acceptors (Lipinski definition) is 6. The van der Waals surface area contributed by atoms with Crippen molar-refractivity contribution in [1.29, 1.82) is 5.41 Å². The molecule has 1 aromatic rings. The lowest BCUT2D eigenvalue weighted by atomic mass is 10.1. The Labute approximate surface area is 143 Å². The number of aliphatic imine (C=N–C) groups is 1. The van der Waals surface area contributed by atoms with E-state index in [4.69, 9.17) is 10.1 Å². The summed E-state index contributed by atoms with van der Waals surface area (Å²) in [7, 11) is 1.34. The fraction of sp³-hybridized carbons (Fsp3) is 0.143. The molecule has 0 aromatic heterocycles. The van der Waals surface area contributed by atoms with Crippen LogP contribution < -0.4 is 4.74 Å². The van der Waals surface area contributed by atoms with E-state index in [0.29, 0.717) is 10.6 Å². The molecule has 3 rings (SSSR count). The highest BCUT2D eigenvalue weighted by molar-refractivity contribution is 8.27. The molecule has 2 N–H and O–H groups in total. The number of halogens is 3. The monoisotopic (exact) mass is 370 g/mol. The third-order valence-corrected chi connectivity index (χ3v) is 4.17. The van der Waals surface area contributed by atoms with E-state index in [1.165, 1.54) is 31.4 Å². The van der Waals surface area contributed by atoms with Crippen LogP contribution in [-0.2, 0) is 4.79 Å². The largest absolute Gasteiger partial charge is 0.504 e. The highest BCUT2D eigenvalue weighted by Gasteiger charge is 2.46. The van der Waals surface area contributed by atoms with Gasteiger partial charge in [-0.3, -0.25) is 10.2 Å². The summed E-state index contributed by atoms with van der Waals surface area (Å²) in [5.41, 5.74) is 0.164. The first kappa shape index (κ1) is 17.0. The summed E-state index contributed by atoms with van der Waals surface area (Å²) in [5, 5.41) is 20.0. The van der Waals surface area contributed by atoms with Crippen LogP contribution in [0.1, 0.15) is 5.56 Å². The number of carbonyl (C=O) groups is 1. The second kappa shape index (κ2) is 5.92. The van der Waals surface area contributed by atoms with E-state index in [9.17, 15) is 23.1 Å². The van der Waals surface area contributed by atoms with Gasteiger partial charge in [-0.2, -0.15) is 28.3 Å². The van der Waals surface area contributed by atoms with Crippen LogP contribution in [0.2, 0.25) is 0 Å². The Bertz CT molecular complexity index is 877. The van der Waals surface area contributed by atoms with E-state index in [-0.39, 0.29) is 34.0 Å². The number of hydrogen-bond donors (Lipinski definition) is 2. The summed E-state index contributed by atoms with van der Waals surface area (Å²) in [6.07, 6.45) is -3.43. The predicted octanol–water partition coefficient (Wildman–Crippen LogP) is 2.58. The molecule has 0 aliphatic carbocycles. The van der Waals surface area contributed by atoms with Crippen molar-refractivity contribution in [2.45, 2.75) is 6.18 Å². The van der Waals surface area contributed by atoms with Gasteiger partial charge in [0.25, 0.3) is 5.91 Å². The van der Waals surface area contributed by atoms with E-state index in [1.807, 2.05) is 0 Å². The highest BCUT2D eigenvalue weighted by Crippen LogP contribution is 2.35. The Morgan fingerprint density at radius 2 is 2.12 bits per heavy atom. The summed E-state index contributed by atoms with van der Waals surface area (Å²) < 4.78 is 43.2. The lowest BCUT2D eigenvalue weighted by Gasteiger charge is -2.20. The molecule has 0 spiro atoms. The Kier molecular flexibility index (Phi) is 4.03. The van der Waals surface area contributed by atoms with Gasteiger partial charge in [0.05, 0.1) is 12.7 Å². The number of nitrogens with zero attached hydrogens (tertiary/aromatic N) is 3. The fourth-order valence-electron chi connectivity index (χ4n) is 2.06. The molecule has 2 aliphatic rings. The predicted molar refractivity (Wildman–Crippen MR) is 85.7 cm³/mol. The first-order valence-corrected chi connectivity index (χ1v) is 7.47. The summed E-state index contributed by atoms with van der Waals surface area (Å²) in [6.45, 7) is 0. The molecule has 2 heterocycles. The molecule has 0 bridgehead atoms. The van der Waals surface area contributed by atoms with Crippen LogP contribution in [0.3, 0.4) is 0 Å². The number of rotatable bonds is 2. The van der Waals surface area contributed by atoms with E-state index >= 15 is 0 Å². The number of amides is 1. The number of ether oxygens (including phenoxy) is 1. The van der Waals surface area contributed by atoms with Crippen LogP contribution in [0.25, 0.3) is 6.08 Å². The minimum atomic E-state index is -4.69. The number of nitrogens with one attached hydrogen (secondary N) is 1. The van der Waals surface area contributed by atoms with Crippen molar-refractivity contribution >= 4 is 39.8 Å². The molecule has 0 saturated heterocycles. The summed E-state index contributed by atoms with van der Waals surface area (Å²) >= 11 is 0.184. The molecule has 0 fully saturated rings. The minimum Gasteiger partial charge on any atom is -0.504 e. The Hall–Kier alpha value is -2.82. The number of aromatic hydroxyl groups is 1. The molecule has 0 radical (unpaired) electrons. The second-order valence-electron chi connectivity index (χ2n) is 4.85. The SMILES string of the molecule is COc1cc(C=C2C(=N)N3N=C(C(F)(F)F)SC3=NC2=O)ccc1O. The zero-order valence-electron chi connectivity index (χ0n) is 12.5. The number of methoxy groups -OCH3 is 1. The summed E-state index contributed by atoms with van der Waals surface area (Å²) in [5.74, 6) is -1.35. The van der Waals surface area contributed by atoms with Crippen LogP contribution in [0.4, 0.5) is 13.2 Å². The number of fused-ring (bicyclic) bond motifs is 1. The number of carbonyl (C=O) groups excluding carboxylic acids is 1. The van der Waals surface area contributed by atoms with Crippen LogP contribution in [0, 0.1) is 5.41 Å². The molecule has 25 heavy (non-hydrogen) atoms. The quantitative estimate of drug-likeness (QED) is 0.780. The third-order valence-electron chi connectivity index (χ3n) is 3.21. The smallest absolute Gasteiger partial charge is 0.441 e. The Morgan fingerprint density at radius 3 is 2.76 bits per heavy atom. The average molecular weight is 370 g/mol. The van der Waals surface area contributed by atoms with Gasteiger partial charge in [-0.25, -0.2) is 0 Å². The first-order chi connectivity index (χ1) is 11.7. The number of benzene rings is 1. The fourth-order valence-corrected chi connectivity index (χ4v) is 2.82. The van der Waals surface area contributed by atoms with E-state index < -0.39 is 23.0 Å². The third kappa shape index (κ3) is 3.09. The standard InChI is InChI=1S/C14H9F3N4O3S/c1-24-9-5-6(2-3-8(9)22)4-7-10(18)21-13(19-11(7)23)25-12(20-21)14(15,16)17/h2-5,18,22H,1H3. The molecular formula is C14H9F3N4O3S. The molecule has 11 heteroatoms. The topological polar surface area (TPSA) is 98.3 Å². The van der Waals surface area contributed by atoms with Crippen molar-refractivity contribution in [2.24, 2.45) is 10.1 Å². The van der Waals surface area contributed by atoms with Gasteiger partial charge >= 0.3 is 6.18 Å². The van der Waals surface area contributed by atoms with Gasteiger partial charge in [0.2, 0.25) is 10.2 Å². The van der Waals surface area contributed by atoms with Gasteiger partial charge in [-0.15, -0.1) is 0 Å². The molecule has 7 nitrogen and oxygen atoms in total. The average Bonchev–Trinajstić information content (AvgIpc) is 2.97. The lowest BCUT2D eigenvalue weighted by molar-refractivity contribution is -0.114. The van der Waals surface area contributed by atoms with Gasteiger partial charge in [-0.1, -0.05) is 6.07 Å². The van der Waals surface area contributed by atoms with Crippen LogP contribution in [-0.4, -0.2) is 45.4 Å². The van der Waals surface area contributed by atoms with Crippen molar-refractivity contribution < 1.29 is 27.8 Å². The van der Waals surface area contributed by atoms with Crippen LogP contribution in [0.15, 0.2) is 33.9 Å². The number of amidine groups is 2. The number of thioether (sulfide) groups is 1. The molecule has 0 unspecified atom stereocenters. The van der Waals surface area contributed by atoms with Gasteiger partial charge in [-0.05, 0) is 35.5 Å². The molecule has 0 saturated carbocycles. The first-order valence-electron chi connectivity index (χ1n) is 6.65. The maximum Gasteiger partial charge on any atom is 0.441 e. The minimum absolute atomic E-state index is 0.120. The van der Waals surface area contributed by atoms with Crippen LogP contribution >= 0.6 is 11.8 Å². The molecule has 1 aromatic carbocycles. The van der Waals surface area contributed by atoms with Gasteiger partial charge in [0.1, 0.15) is 0 Å². The summed E-state index contributed by atoms with van der Waals surface area (Å²) in [4.78, 5) is 15.6. The highest BCUT2D eigenvalue weighted by atomic mass is 32.2. The van der Waals surface area contributed by atoms with Crippen molar-refractivity contribution in [3.8, 4) is 11.5 Å². The zero-order chi connectivity index (χ0) is 18.4. The Balaban J connectivity index is 1.99. The van der Waals surface area contributed by atoms with Crippen molar-refractivity contribution in [1.82, 2.24) is 5.01 Å². The molecule has 130 valence electrons. The van der Waals surface area contributed by atoms with Crippen molar-refractivity contribution in [2.75, 3.05) is 7.11 Å². The number of hydrazone groups is 1. The maximum absolute atomic E-state index is 12.7. The van der Waals surface area contributed by atoms with Crippen molar-refractivity contribution in [3.63, 3.8) is 0 Å². The zero-order valence-corrected chi connectivity index (χ0v) is 13.3. The van der Waals surface area contributed by atoms with E-state index in [0.717, 1.165) is 0 Å². The van der Waals surface area contributed by atoms with Crippen molar-refractivity contribution in [3.05, 3.63) is 29.3 Å².